The lowest BCUT2D eigenvalue weighted by molar-refractivity contribution is 0.586. The highest BCUT2D eigenvalue weighted by Gasteiger charge is 2.53. The van der Waals surface area contributed by atoms with Crippen molar-refractivity contribution in [3.05, 3.63) is 306 Å². The Bertz CT molecular complexity index is 4290. The molecule has 14 rings (SSSR count). The van der Waals surface area contributed by atoms with E-state index in [0.29, 0.717) is 0 Å². The predicted octanol–water partition coefficient (Wildman–Crippen LogP) is 21.6. The van der Waals surface area contributed by atoms with Crippen molar-refractivity contribution >= 4 is 27.8 Å². The van der Waals surface area contributed by atoms with E-state index in [9.17, 15) is 0 Å². The molecule has 0 unspecified atom stereocenters. The molecule has 0 bridgehead atoms. The summed E-state index contributed by atoms with van der Waals surface area (Å²) in [6.07, 6.45) is 0. The van der Waals surface area contributed by atoms with E-state index in [1.807, 2.05) is 0 Å². The number of hydrogen-bond donors (Lipinski definition) is 0. The van der Waals surface area contributed by atoms with E-state index in [0.717, 1.165) is 22.6 Å². The van der Waals surface area contributed by atoms with Crippen LogP contribution in [-0.4, -0.2) is 0 Å². The molecule has 0 radical (unpaired) electrons. The van der Waals surface area contributed by atoms with Gasteiger partial charge < -0.3 is 4.90 Å². The molecular formula is C79H63N. The number of rotatable bonds is 8. The standard InChI is InChI=1S/C79H63N/c1-77(2,3)59-43-47-66-67-48-44-60(78(4,5)6)51-73(67)79(72(66)50-59)70-31-18-16-30-69(70)76-71(79)32-20-34-75(76)80(61-45-41-54(42-46-61)53-35-37-55(38-36-53)58-40-39-52-21-10-11-24-57(52)49-58)74-33-19-17-29-68(74)65-28-15-14-27-64(65)63-26-13-12-25-62(63)56-22-8-7-9-23-56/h7-51H,1-6H3. The Morgan fingerprint density at radius 3 is 1.34 bits per heavy atom. The normalized spacial score (nSPS) is 13.0. The van der Waals surface area contributed by atoms with Crippen LogP contribution in [0.4, 0.5) is 17.1 Å². The molecule has 2 aliphatic rings. The average molecular weight is 1030 g/mol. The minimum Gasteiger partial charge on any atom is -0.309 e. The van der Waals surface area contributed by atoms with Gasteiger partial charge in [-0.1, -0.05) is 284 Å². The summed E-state index contributed by atoms with van der Waals surface area (Å²) in [5.41, 5.74) is 27.8. The Labute approximate surface area is 472 Å². The van der Waals surface area contributed by atoms with Crippen molar-refractivity contribution in [3.8, 4) is 77.9 Å². The summed E-state index contributed by atoms with van der Waals surface area (Å²) in [5, 5.41) is 2.51. The fraction of sp³-hybridized carbons (Fsp3) is 0.114. The van der Waals surface area contributed by atoms with Gasteiger partial charge in [0.1, 0.15) is 0 Å². The van der Waals surface area contributed by atoms with Crippen molar-refractivity contribution in [2.24, 2.45) is 0 Å². The van der Waals surface area contributed by atoms with Gasteiger partial charge in [0, 0.05) is 16.8 Å². The summed E-state index contributed by atoms with van der Waals surface area (Å²) >= 11 is 0. The first-order valence-corrected chi connectivity index (χ1v) is 28.3. The maximum Gasteiger partial charge on any atom is 0.0726 e. The lowest BCUT2D eigenvalue weighted by Crippen LogP contribution is -2.27. The molecule has 0 N–H and O–H groups in total. The van der Waals surface area contributed by atoms with Gasteiger partial charge in [-0.3, -0.25) is 0 Å². The van der Waals surface area contributed by atoms with E-state index in [1.54, 1.807) is 0 Å². The highest BCUT2D eigenvalue weighted by molar-refractivity contribution is 6.04. The van der Waals surface area contributed by atoms with Crippen LogP contribution < -0.4 is 4.90 Å². The fourth-order valence-electron chi connectivity index (χ4n) is 13.2. The van der Waals surface area contributed by atoms with Gasteiger partial charge in [-0.25, -0.2) is 0 Å². The molecule has 2 aliphatic carbocycles. The van der Waals surface area contributed by atoms with Gasteiger partial charge in [-0.15, -0.1) is 0 Å². The molecule has 0 aliphatic heterocycles. The van der Waals surface area contributed by atoms with Crippen LogP contribution in [0.5, 0.6) is 0 Å². The molecule has 80 heavy (non-hydrogen) atoms. The summed E-state index contributed by atoms with van der Waals surface area (Å²) in [6, 6.07) is 103. The Morgan fingerprint density at radius 2 is 0.713 bits per heavy atom. The maximum absolute atomic E-state index is 2.56. The first kappa shape index (κ1) is 49.0. The van der Waals surface area contributed by atoms with Crippen molar-refractivity contribution in [1.29, 1.82) is 0 Å². The van der Waals surface area contributed by atoms with Crippen molar-refractivity contribution in [2.45, 2.75) is 57.8 Å². The highest BCUT2D eigenvalue weighted by Crippen LogP contribution is 2.65. The molecule has 0 fully saturated rings. The molecule has 12 aromatic carbocycles. The minimum absolute atomic E-state index is 0.0474. The monoisotopic (exact) mass is 1030 g/mol. The largest absolute Gasteiger partial charge is 0.309 e. The molecule has 1 heteroatoms. The van der Waals surface area contributed by atoms with Gasteiger partial charge in [-0.2, -0.15) is 0 Å². The van der Waals surface area contributed by atoms with E-state index in [2.05, 4.69) is 319 Å². The van der Waals surface area contributed by atoms with Crippen LogP contribution >= 0.6 is 0 Å². The molecule has 0 saturated heterocycles. The summed E-state index contributed by atoms with van der Waals surface area (Å²) in [6.45, 7) is 14.1. The Morgan fingerprint density at radius 1 is 0.263 bits per heavy atom. The molecule has 0 saturated carbocycles. The molecular weight excluding hydrogens is 963 g/mol. The van der Waals surface area contributed by atoms with Crippen molar-refractivity contribution in [3.63, 3.8) is 0 Å². The smallest absolute Gasteiger partial charge is 0.0726 e. The Hall–Kier alpha value is -9.30. The van der Waals surface area contributed by atoms with Crippen LogP contribution in [0.1, 0.15) is 74.9 Å². The van der Waals surface area contributed by atoms with Gasteiger partial charge in [0.25, 0.3) is 0 Å². The molecule has 1 nitrogen and oxygen atoms in total. The fourth-order valence-corrected chi connectivity index (χ4v) is 13.2. The number of hydrogen-bond acceptors (Lipinski definition) is 1. The van der Waals surface area contributed by atoms with E-state index < -0.39 is 5.41 Å². The van der Waals surface area contributed by atoms with Crippen LogP contribution in [0.3, 0.4) is 0 Å². The molecule has 12 aromatic rings. The van der Waals surface area contributed by atoms with Crippen molar-refractivity contribution < 1.29 is 0 Å². The maximum atomic E-state index is 2.56. The lowest BCUT2D eigenvalue weighted by atomic mass is 9.69. The number of fused-ring (bicyclic) bond motifs is 11. The Balaban J connectivity index is 0.991. The third kappa shape index (κ3) is 7.98. The van der Waals surface area contributed by atoms with Gasteiger partial charge in [0.15, 0.2) is 0 Å². The second kappa shape index (κ2) is 19.0. The minimum atomic E-state index is -0.559. The lowest BCUT2D eigenvalue weighted by Gasteiger charge is -2.34. The van der Waals surface area contributed by atoms with Gasteiger partial charge in [0.05, 0.1) is 16.8 Å². The summed E-state index contributed by atoms with van der Waals surface area (Å²) in [5.74, 6) is 0. The van der Waals surface area contributed by atoms with Crippen LogP contribution in [0.15, 0.2) is 273 Å². The first-order valence-electron chi connectivity index (χ1n) is 28.3. The third-order valence-corrected chi connectivity index (χ3v) is 17.2. The van der Waals surface area contributed by atoms with Crippen LogP contribution in [0.2, 0.25) is 0 Å². The predicted molar refractivity (Wildman–Crippen MR) is 340 cm³/mol. The van der Waals surface area contributed by atoms with E-state index in [-0.39, 0.29) is 10.8 Å². The number of benzene rings is 12. The zero-order chi connectivity index (χ0) is 54.3. The second-order valence-electron chi connectivity index (χ2n) is 24.0. The van der Waals surface area contributed by atoms with E-state index in [1.165, 1.54) is 116 Å². The molecule has 0 aromatic heterocycles. The molecule has 0 atom stereocenters. The molecule has 384 valence electrons. The average Bonchev–Trinajstić information content (AvgIpc) is 4.16. The van der Waals surface area contributed by atoms with Gasteiger partial charge in [-0.05, 0) is 152 Å². The summed E-state index contributed by atoms with van der Waals surface area (Å²) in [7, 11) is 0. The first-order chi connectivity index (χ1) is 38.9. The number of anilines is 3. The summed E-state index contributed by atoms with van der Waals surface area (Å²) in [4.78, 5) is 2.56. The zero-order valence-corrected chi connectivity index (χ0v) is 46.4. The highest BCUT2D eigenvalue weighted by atomic mass is 15.1. The zero-order valence-electron chi connectivity index (χ0n) is 46.4. The third-order valence-electron chi connectivity index (χ3n) is 17.2. The summed E-state index contributed by atoms with van der Waals surface area (Å²) < 4.78 is 0. The molecule has 1 spiro atoms. The van der Waals surface area contributed by atoms with Crippen LogP contribution in [0.25, 0.3) is 88.7 Å². The quantitative estimate of drug-likeness (QED) is 0.147. The topological polar surface area (TPSA) is 3.24 Å². The van der Waals surface area contributed by atoms with Crippen molar-refractivity contribution in [1.82, 2.24) is 0 Å². The molecule has 0 amide bonds. The molecule has 0 heterocycles. The van der Waals surface area contributed by atoms with E-state index >= 15 is 0 Å². The SMILES string of the molecule is CC(C)(C)c1ccc2c(c1)C1(c3cc(C(C)(C)C)ccc3-2)c2ccccc2-c2c(N(c3ccc(-c4ccc(-c5ccc6ccccc6c5)cc4)cc3)c3ccccc3-c3ccccc3-c3ccccc3-c3ccccc3)cccc21. The van der Waals surface area contributed by atoms with Crippen molar-refractivity contribution in [2.75, 3.05) is 4.90 Å². The second-order valence-corrected chi connectivity index (χ2v) is 24.0. The van der Waals surface area contributed by atoms with E-state index in [4.69, 9.17) is 0 Å². The van der Waals surface area contributed by atoms with Crippen LogP contribution in [0, 0.1) is 0 Å². The number of nitrogens with zero attached hydrogens (tertiary/aromatic N) is 1. The number of para-hydroxylation sites is 1. The van der Waals surface area contributed by atoms with Crippen LogP contribution in [-0.2, 0) is 16.2 Å². The van der Waals surface area contributed by atoms with Gasteiger partial charge >= 0.3 is 0 Å². The van der Waals surface area contributed by atoms with Gasteiger partial charge in [0.2, 0.25) is 0 Å². The Kier molecular flexibility index (Phi) is 11.6.